The molecule has 132 valence electrons. The Morgan fingerprint density at radius 2 is 1.96 bits per heavy atom. The third kappa shape index (κ3) is 3.76. The van der Waals surface area contributed by atoms with E-state index >= 15 is 0 Å². The fraction of sp³-hybridized carbons (Fsp3) is 0.684. The maximum absolute atomic E-state index is 12.2. The second kappa shape index (κ2) is 7.03. The van der Waals surface area contributed by atoms with Gasteiger partial charge in [-0.3, -0.25) is 9.78 Å². The lowest BCUT2D eigenvalue weighted by Gasteiger charge is -2.25. The van der Waals surface area contributed by atoms with E-state index in [9.17, 15) is 4.79 Å². The van der Waals surface area contributed by atoms with Crippen LogP contribution in [0, 0.1) is 25.7 Å². The molecule has 1 aromatic rings. The Bertz CT molecular complexity index is 641. The first kappa shape index (κ1) is 17.7. The van der Waals surface area contributed by atoms with Crippen molar-refractivity contribution in [1.82, 2.24) is 4.98 Å². The van der Waals surface area contributed by atoms with E-state index in [4.69, 9.17) is 4.74 Å². The van der Waals surface area contributed by atoms with Crippen LogP contribution < -0.4 is 4.90 Å². The first-order valence-electron chi connectivity index (χ1n) is 8.96. The minimum atomic E-state index is -0.176. The molecule has 2 fully saturated rings. The van der Waals surface area contributed by atoms with Crippen LogP contribution in [0.15, 0.2) is 4.47 Å². The maximum Gasteiger partial charge on any atom is 0.310 e. The van der Waals surface area contributed by atoms with E-state index < -0.39 is 0 Å². The molecule has 2 heterocycles. The Kier molecular flexibility index (Phi) is 5.19. The number of ether oxygens (including phenoxy) is 1. The summed E-state index contributed by atoms with van der Waals surface area (Å²) in [7, 11) is 0. The lowest BCUT2D eigenvalue weighted by Crippen LogP contribution is -2.25. The molecule has 0 N–H and O–H groups in total. The number of aryl methyl sites for hydroxylation is 2. The summed E-state index contributed by atoms with van der Waals surface area (Å²) in [6, 6.07) is 0. The van der Waals surface area contributed by atoms with Crippen molar-refractivity contribution in [2.75, 3.05) is 18.0 Å². The van der Waals surface area contributed by atoms with Gasteiger partial charge in [0.15, 0.2) is 0 Å². The fourth-order valence-electron chi connectivity index (χ4n) is 3.78. The van der Waals surface area contributed by atoms with Crippen molar-refractivity contribution in [1.29, 1.82) is 0 Å². The van der Waals surface area contributed by atoms with Crippen molar-refractivity contribution in [3.63, 3.8) is 0 Å². The SMILES string of the molecule is Cc1nc(C)c(CC(=O)OC(C)C)c(N2CCC(C3CC3)C2)c1Br. The van der Waals surface area contributed by atoms with Crippen LogP contribution >= 0.6 is 15.9 Å². The molecule has 3 rings (SSSR count). The summed E-state index contributed by atoms with van der Waals surface area (Å²) in [5, 5.41) is 0. The fourth-order valence-corrected chi connectivity index (χ4v) is 4.36. The van der Waals surface area contributed by atoms with Crippen LogP contribution in [0.5, 0.6) is 0 Å². The first-order chi connectivity index (χ1) is 11.4. The summed E-state index contributed by atoms with van der Waals surface area (Å²) in [5.74, 6) is 1.55. The number of hydrogen-bond donors (Lipinski definition) is 0. The van der Waals surface area contributed by atoms with Crippen molar-refractivity contribution < 1.29 is 9.53 Å². The standard InChI is InChI=1S/C19H27BrN2O2/c1-11(2)24-17(23)9-16-12(3)21-13(4)18(20)19(16)22-8-7-15(10-22)14-5-6-14/h11,14-15H,5-10H2,1-4H3. The second-order valence-corrected chi connectivity index (χ2v) is 8.26. The van der Waals surface area contributed by atoms with Gasteiger partial charge in [0, 0.05) is 24.3 Å². The van der Waals surface area contributed by atoms with Crippen molar-refractivity contribution in [3.8, 4) is 0 Å². The van der Waals surface area contributed by atoms with E-state index in [2.05, 4.69) is 25.8 Å². The predicted molar refractivity (Wildman–Crippen MR) is 99.4 cm³/mol. The normalized spacial score (nSPS) is 20.8. The van der Waals surface area contributed by atoms with Crippen molar-refractivity contribution in [3.05, 3.63) is 21.4 Å². The molecule has 2 aliphatic rings. The number of aromatic nitrogens is 1. The topological polar surface area (TPSA) is 42.4 Å². The number of esters is 1. The molecule has 1 aliphatic carbocycles. The molecule has 4 nitrogen and oxygen atoms in total. The molecule has 1 saturated heterocycles. The van der Waals surface area contributed by atoms with Crippen LogP contribution in [0.2, 0.25) is 0 Å². The van der Waals surface area contributed by atoms with E-state index in [1.165, 1.54) is 19.3 Å². The van der Waals surface area contributed by atoms with Crippen molar-refractivity contribution >= 4 is 27.6 Å². The van der Waals surface area contributed by atoms with E-state index in [1.54, 1.807) is 0 Å². The highest BCUT2D eigenvalue weighted by atomic mass is 79.9. The minimum absolute atomic E-state index is 0.0888. The summed E-state index contributed by atoms with van der Waals surface area (Å²) < 4.78 is 6.39. The van der Waals surface area contributed by atoms with E-state index in [-0.39, 0.29) is 18.5 Å². The molecule has 1 atom stereocenters. The third-order valence-corrected chi connectivity index (χ3v) is 6.05. The second-order valence-electron chi connectivity index (χ2n) is 7.47. The van der Waals surface area contributed by atoms with Crippen LogP contribution in [0.25, 0.3) is 0 Å². The van der Waals surface area contributed by atoms with Gasteiger partial charge in [0.1, 0.15) is 0 Å². The van der Waals surface area contributed by atoms with Gasteiger partial charge in [0.05, 0.1) is 28.4 Å². The zero-order valence-electron chi connectivity index (χ0n) is 15.1. The minimum Gasteiger partial charge on any atom is -0.463 e. The molecule has 0 radical (unpaired) electrons. The zero-order chi connectivity index (χ0) is 17.4. The summed E-state index contributed by atoms with van der Waals surface area (Å²) in [5.41, 5.74) is 4.08. The van der Waals surface area contributed by atoms with Gasteiger partial charge >= 0.3 is 5.97 Å². The zero-order valence-corrected chi connectivity index (χ0v) is 16.6. The van der Waals surface area contributed by atoms with E-state index in [0.717, 1.165) is 52.0 Å². The lowest BCUT2D eigenvalue weighted by atomic mass is 10.0. The summed E-state index contributed by atoms with van der Waals surface area (Å²) in [4.78, 5) is 19.3. The summed E-state index contributed by atoms with van der Waals surface area (Å²) in [6.45, 7) is 9.94. The number of rotatable bonds is 5. The summed E-state index contributed by atoms with van der Waals surface area (Å²) >= 11 is 3.73. The Morgan fingerprint density at radius 3 is 2.58 bits per heavy atom. The first-order valence-corrected chi connectivity index (χ1v) is 9.76. The quantitative estimate of drug-likeness (QED) is 0.702. The van der Waals surface area contributed by atoms with Gasteiger partial charge in [-0.1, -0.05) is 0 Å². The Balaban J connectivity index is 1.89. The smallest absolute Gasteiger partial charge is 0.310 e. The molecule has 0 amide bonds. The number of hydrogen-bond acceptors (Lipinski definition) is 4. The van der Waals surface area contributed by atoms with Gasteiger partial charge in [-0.05, 0) is 74.7 Å². The molecular weight excluding hydrogens is 368 g/mol. The predicted octanol–water partition coefficient (Wildman–Crippen LogP) is 4.19. The number of halogens is 1. The van der Waals surface area contributed by atoms with Gasteiger partial charge in [-0.2, -0.15) is 0 Å². The van der Waals surface area contributed by atoms with Gasteiger partial charge in [-0.15, -0.1) is 0 Å². The average molecular weight is 395 g/mol. The number of carbonyl (C=O) groups excluding carboxylic acids is 1. The number of anilines is 1. The van der Waals surface area contributed by atoms with Crippen molar-refractivity contribution in [2.45, 2.75) is 59.5 Å². The summed E-state index contributed by atoms with van der Waals surface area (Å²) in [6.07, 6.45) is 4.24. The monoisotopic (exact) mass is 394 g/mol. The van der Waals surface area contributed by atoms with Gasteiger partial charge in [0.25, 0.3) is 0 Å². The highest BCUT2D eigenvalue weighted by Gasteiger charge is 2.37. The van der Waals surface area contributed by atoms with Crippen LogP contribution in [0.1, 0.15) is 50.1 Å². The largest absolute Gasteiger partial charge is 0.463 e. The molecule has 1 aliphatic heterocycles. The van der Waals surface area contributed by atoms with E-state index in [1.807, 2.05) is 27.7 Å². The molecular formula is C19H27BrN2O2. The lowest BCUT2D eigenvalue weighted by molar-refractivity contribution is -0.146. The van der Waals surface area contributed by atoms with Gasteiger partial charge in [-0.25, -0.2) is 0 Å². The maximum atomic E-state index is 12.2. The van der Waals surface area contributed by atoms with E-state index in [0.29, 0.717) is 0 Å². The molecule has 1 unspecified atom stereocenters. The number of nitrogens with zero attached hydrogens (tertiary/aromatic N) is 2. The van der Waals surface area contributed by atoms with Crippen LogP contribution in [0.3, 0.4) is 0 Å². The Labute approximate surface area is 153 Å². The molecule has 24 heavy (non-hydrogen) atoms. The Hall–Kier alpha value is -1.10. The van der Waals surface area contributed by atoms with Crippen LogP contribution in [-0.2, 0) is 16.0 Å². The van der Waals surface area contributed by atoms with Crippen LogP contribution in [-0.4, -0.2) is 30.1 Å². The molecule has 1 saturated carbocycles. The van der Waals surface area contributed by atoms with Crippen molar-refractivity contribution in [2.24, 2.45) is 11.8 Å². The Morgan fingerprint density at radius 1 is 1.25 bits per heavy atom. The molecule has 5 heteroatoms. The molecule has 0 spiro atoms. The average Bonchev–Trinajstić information content (AvgIpc) is 3.23. The van der Waals surface area contributed by atoms with Gasteiger partial charge < -0.3 is 9.64 Å². The highest BCUT2D eigenvalue weighted by molar-refractivity contribution is 9.10. The number of pyridine rings is 1. The molecule has 0 aromatic carbocycles. The molecule has 0 bridgehead atoms. The van der Waals surface area contributed by atoms with Gasteiger partial charge in [0.2, 0.25) is 0 Å². The highest BCUT2D eigenvalue weighted by Crippen LogP contribution is 2.44. The number of carbonyl (C=O) groups is 1. The molecule has 1 aromatic heterocycles. The third-order valence-electron chi connectivity index (χ3n) is 5.10. The van der Waals surface area contributed by atoms with Crippen LogP contribution in [0.4, 0.5) is 5.69 Å².